The first-order valence-corrected chi connectivity index (χ1v) is 12.2. The van der Waals surface area contributed by atoms with E-state index >= 15 is 0 Å². The van der Waals surface area contributed by atoms with Crippen LogP contribution in [0.1, 0.15) is 64.3 Å². The minimum atomic E-state index is 0.224. The van der Waals surface area contributed by atoms with Gasteiger partial charge in [-0.2, -0.15) is 0 Å². The number of amides is 1. The van der Waals surface area contributed by atoms with Crippen molar-refractivity contribution in [3.63, 3.8) is 0 Å². The van der Waals surface area contributed by atoms with E-state index in [-0.39, 0.29) is 5.91 Å². The second-order valence-electron chi connectivity index (χ2n) is 8.03. The molecule has 2 heterocycles. The number of halogens is 1. The molecule has 1 aromatic carbocycles. The SMILES string of the molecule is CCC1CCCCN1C(=O)CSc1nnc(-c2ccccc2Cl)n1C1CCCC1. The largest absolute Gasteiger partial charge is 0.339 e. The Hall–Kier alpha value is -1.53. The molecule has 156 valence electrons. The molecule has 1 atom stereocenters. The van der Waals surface area contributed by atoms with E-state index in [1.807, 2.05) is 24.3 Å². The van der Waals surface area contributed by atoms with Gasteiger partial charge < -0.3 is 4.90 Å². The van der Waals surface area contributed by atoms with Crippen molar-refractivity contribution < 1.29 is 4.79 Å². The fraction of sp³-hybridized carbons (Fsp3) is 0.591. The third-order valence-corrected chi connectivity index (χ3v) is 7.47. The number of carbonyl (C=O) groups excluding carboxylic acids is 1. The highest BCUT2D eigenvalue weighted by molar-refractivity contribution is 7.99. The van der Waals surface area contributed by atoms with Crippen LogP contribution in [0.4, 0.5) is 0 Å². The number of hydrogen-bond acceptors (Lipinski definition) is 4. The van der Waals surface area contributed by atoms with Gasteiger partial charge in [0, 0.05) is 24.2 Å². The first kappa shape index (κ1) is 20.7. The Morgan fingerprint density at radius 2 is 1.90 bits per heavy atom. The molecule has 1 saturated heterocycles. The molecule has 1 aliphatic carbocycles. The summed E-state index contributed by atoms with van der Waals surface area (Å²) in [4.78, 5) is 15.0. The molecule has 1 unspecified atom stereocenters. The van der Waals surface area contributed by atoms with Crippen LogP contribution in [0.5, 0.6) is 0 Å². The molecule has 0 bridgehead atoms. The number of hydrogen-bond donors (Lipinski definition) is 0. The van der Waals surface area contributed by atoms with E-state index in [9.17, 15) is 4.79 Å². The first-order chi connectivity index (χ1) is 14.2. The first-order valence-electron chi connectivity index (χ1n) is 10.8. The molecule has 0 radical (unpaired) electrons. The van der Waals surface area contributed by atoms with Crippen molar-refractivity contribution in [3.05, 3.63) is 29.3 Å². The average molecular weight is 433 g/mol. The van der Waals surface area contributed by atoms with Gasteiger partial charge in [-0.15, -0.1) is 10.2 Å². The van der Waals surface area contributed by atoms with Crippen LogP contribution in [-0.2, 0) is 4.79 Å². The van der Waals surface area contributed by atoms with E-state index in [4.69, 9.17) is 11.6 Å². The lowest BCUT2D eigenvalue weighted by Crippen LogP contribution is -2.44. The Labute approximate surface area is 182 Å². The van der Waals surface area contributed by atoms with Gasteiger partial charge in [0.25, 0.3) is 0 Å². The van der Waals surface area contributed by atoms with Crippen molar-refractivity contribution in [3.8, 4) is 11.4 Å². The molecule has 0 N–H and O–H groups in total. The van der Waals surface area contributed by atoms with Crippen LogP contribution in [0.15, 0.2) is 29.4 Å². The molecule has 7 heteroatoms. The van der Waals surface area contributed by atoms with Gasteiger partial charge in [-0.1, -0.05) is 55.3 Å². The van der Waals surface area contributed by atoms with E-state index in [1.165, 1.54) is 31.0 Å². The molecule has 4 rings (SSSR count). The van der Waals surface area contributed by atoms with Crippen LogP contribution in [0.25, 0.3) is 11.4 Å². The van der Waals surface area contributed by atoms with Gasteiger partial charge in [0.15, 0.2) is 11.0 Å². The summed E-state index contributed by atoms with van der Waals surface area (Å²) in [5, 5.41) is 10.5. The van der Waals surface area contributed by atoms with Gasteiger partial charge in [0.1, 0.15) is 0 Å². The van der Waals surface area contributed by atoms with E-state index < -0.39 is 0 Å². The lowest BCUT2D eigenvalue weighted by atomic mass is 10.0. The molecule has 2 fully saturated rings. The maximum absolute atomic E-state index is 12.9. The Morgan fingerprint density at radius 3 is 2.66 bits per heavy atom. The zero-order chi connectivity index (χ0) is 20.2. The van der Waals surface area contributed by atoms with Crippen molar-refractivity contribution in [1.82, 2.24) is 19.7 Å². The van der Waals surface area contributed by atoms with Gasteiger partial charge in [-0.25, -0.2) is 0 Å². The van der Waals surface area contributed by atoms with Crippen LogP contribution in [0.2, 0.25) is 5.02 Å². The van der Waals surface area contributed by atoms with Crippen LogP contribution >= 0.6 is 23.4 Å². The lowest BCUT2D eigenvalue weighted by Gasteiger charge is -2.35. The molecule has 2 aromatic rings. The number of carbonyl (C=O) groups is 1. The highest BCUT2D eigenvalue weighted by Gasteiger charge is 2.28. The number of nitrogens with zero attached hydrogens (tertiary/aromatic N) is 4. The molecule has 5 nitrogen and oxygen atoms in total. The highest BCUT2D eigenvalue weighted by Crippen LogP contribution is 2.38. The lowest BCUT2D eigenvalue weighted by molar-refractivity contribution is -0.132. The van der Waals surface area contributed by atoms with Gasteiger partial charge in [0.2, 0.25) is 5.91 Å². The molecule has 1 aliphatic heterocycles. The monoisotopic (exact) mass is 432 g/mol. The third kappa shape index (κ3) is 4.48. The van der Waals surface area contributed by atoms with Crippen molar-refractivity contribution >= 4 is 29.3 Å². The van der Waals surface area contributed by atoms with Gasteiger partial charge >= 0.3 is 0 Å². The molecule has 1 aromatic heterocycles. The minimum absolute atomic E-state index is 0.224. The van der Waals surface area contributed by atoms with Crippen molar-refractivity contribution in [1.29, 1.82) is 0 Å². The van der Waals surface area contributed by atoms with Crippen LogP contribution in [0.3, 0.4) is 0 Å². The number of thioether (sulfide) groups is 1. The van der Waals surface area contributed by atoms with Crippen molar-refractivity contribution in [2.75, 3.05) is 12.3 Å². The maximum atomic E-state index is 12.9. The Kier molecular flexibility index (Phi) is 6.81. The highest BCUT2D eigenvalue weighted by atomic mass is 35.5. The molecule has 29 heavy (non-hydrogen) atoms. The predicted molar refractivity (Wildman–Crippen MR) is 118 cm³/mol. The summed E-state index contributed by atoms with van der Waals surface area (Å²) in [6, 6.07) is 8.57. The summed E-state index contributed by atoms with van der Waals surface area (Å²) in [6.45, 7) is 3.06. The minimum Gasteiger partial charge on any atom is -0.339 e. The molecule has 1 amide bonds. The van der Waals surface area contributed by atoms with Crippen molar-refractivity contribution in [2.24, 2.45) is 0 Å². The number of aromatic nitrogens is 3. The summed E-state index contributed by atoms with van der Waals surface area (Å²) < 4.78 is 2.24. The summed E-state index contributed by atoms with van der Waals surface area (Å²) in [5.41, 5.74) is 0.911. The van der Waals surface area contributed by atoms with Gasteiger partial charge in [-0.05, 0) is 50.7 Å². The van der Waals surface area contributed by atoms with E-state index in [0.29, 0.717) is 22.9 Å². The quantitative estimate of drug-likeness (QED) is 0.557. The summed E-state index contributed by atoms with van der Waals surface area (Å²) in [7, 11) is 0. The zero-order valence-corrected chi connectivity index (χ0v) is 18.6. The summed E-state index contributed by atoms with van der Waals surface area (Å²) in [6.07, 6.45) is 9.20. The number of benzene rings is 1. The average Bonchev–Trinajstić information content (AvgIpc) is 3.42. The number of likely N-dealkylation sites (tertiary alicyclic amines) is 1. The fourth-order valence-corrected chi connectivity index (χ4v) is 5.77. The predicted octanol–water partition coefficient (Wildman–Crippen LogP) is 5.60. The molecule has 2 aliphatic rings. The summed E-state index contributed by atoms with van der Waals surface area (Å²) in [5.74, 6) is 1.47. The van der Waals surface area contributed by atoms with Gasteiger partial charge in [-0.3, -0.25) is 9.36 Å². The molecular weight excluding hydrogens is 404 g/mol. The van der Waals surface area contributed by atoms with Crippen LogP contribution in [-0.4, -0.2) is 43.9 Å². The molecule has 1 saturated carbocycles. The fourth-order valence-electron chi connectivity index (χ4n) is 4.66. The van der Waals surface area contributed by atoms with E-state index in [1.54, 1.807) is 0 Å². The number of piperidine rings is 1. The van der Waals surface area contributed by atoms with Gasteiger partial charge in [0.05, 0.1) is 10.8 Å². The van der Waals surface area contributed by atoms with Crippen molar-refractivity contribution in [2.45, 2.75) is 75.5 Å². The maximum Gasteiger partial charge on any atom is 0.233 e. The smallest absolute Gasteiger partial charge is 0.233 e. The Balaban J connectivity index is 1.56. The molecule has 0 spiro atoms. The van der Waals surface area contributed by atoms with Crippen LogP contribution < -0.4 is 0 Å². The zero-order valence-electron chi connectivity index (χ0n) is 17.0. The van der Waals surface area contributed by atoms with E-state index in [0.717, 1.165) is 55.2 Å². The third-order valence-electron chi connectivity index (χ3n) is 6.21. The van der Waals surface area contributed by atoms with E-state index in [2.05, 4.69) is 26.6 Å². The Bertz CT molecular complexity index is 849. The van der Waals surface area contributed by atoms with Crippen LogP contribution in [0, 0.1) is 0 Å². The second-order valence-corrected chi connectivity index (χ2v) is 9.38. The standard InChI is InChI=1S/C22H29ClN4OS/c1-2-16-9-7-8-14-26(16)20(28)15-29-22-25-24-21(18-12-5-6-13-19(18)23)27(22)17-10-3-4-11-17/h5-6,12-13,16-17H,2-4,7-11,14-15H2,1H3. The second kappa shape index (κ2) is 9.52. The summed E-state index contributed by atoms with van der Waals surface area (Å²) >= 11 is 7.98. The molecular formula is C22H29ClN4OS. The topological polar surface area (TPSA) is 51.0 Å². The normalized spacial score (nSPS) is 20.3. The number of rotatable bonds is 6. The Morgan fingerprint density at radius 1 is 1.14 bits per heavy atom.